The molecule has 0 aromatic carbocycles. The van der Waals surface area contributed by atoms with Gasteiger partial charge in [0.25, 0.3) is 0 Å². The van der Waals surface area contributed by atoms with Gasteiger partial charge in [-0.15, -0.1) is 0 Å². The van der Waals surface area contributed by atoms with Crippen LogP contribution in [0, 0.1) is 0 Å². The van der Waals surface area contributed by atoms with Crippen LogP contribution in [0.2, 0.25) is 0 Å². The van der Waals surface area contributed by atoms with Crippen molar-refractivity contribution in [3.63, 3.8) is 0 Å². The van der Waals surface area contributed by atoms with Gasteiger partial charge in [-0.25, -0.2) is 9.97 Å². The number of anilines is 2. The van der Waals surface area contributed by atoms with Gasteiger partial charge >= 0.3 is 0 Å². The summed E-state index contributed by atoms with van der Waals surface area (Å²) in [6, 6.07) is 0.693. The molecule has 17 heavy (non-hydrogen) atoms. The third-order valence-corrected chi connectivity index (χ3v) is 3.74. The fraction of sp³-hybridized carbons (Fsp3) is 0.667. The van der Waals surface area contributed by atoms with Crippen LogP contribution in [0.1, 0.15) is 19.3 Å². The van der Waals surface area contributed by atoms with Crippen molar-refractivity contribution < 1.29 is 0 Å². The van der Waals surface area contributed by atoms with Gasteiger partial charge in [0, 0.05) is 25.7 Å². The van der Waals surface area contributed by atoms with E-state index in [1.165, 1.54) is 32.4 Å². The molecule has 3 rings (SSSR count). The number of rotatable bonds is 1. The van der Waals surface area contributed by atoms with Gasteiger partial charge in [0.2, 0.25) is 5.95 Å². The molecule has 2 aliphatic rings. The Hall–Kier alpha value is -1.36. The van der Waals surface area contributed by atoms with Crippen molar-refractivity contribution in [3.8, 4) is 0 Å². The number of nitrogen functional groups attached to an aromatic ring is 1. The minimum absolute atomic E-state index is 0.631. The Morgan fingerprint density at radius 1 is 1.12 bits per heavy atom. The molecule has 0 spiro atoms. The summed E-state index contributed by atoms with van der Waals surface area (Å²) in [6.07, 6.45) is 7.23. The average molecular weight is 233 g/mol. The molecule has 0 saturated carbocycles. The van der Waals surface area contributed by atoms with Gasteiger partial charge in [0.05, 0.1) is 18.1 Å². The van der Waals surface area contributed by atoms with E-state index >= 15 is 0 Å². The van der Waals surface area contributed by atoms with E-state index < -0.39 is 0 Å². The van der Waals surface area contributed by atoms with Gasteiger partial charge in [-0.2, -0.15) is 0 Å². The lowest BCUT2D eigenvalue weighted by molar-refractivity contribution is 0.273. The lowest BCUT2D eigenvalue weighted by Crippen LogP contribution is -2.37. The summed E-state index contributed by atoms with van der Waals surface area (Å²) in [5.41, 5.74) is 6.25. The first-order valence-corrected chi connectivity index (χ1v) is 6.39. The summed E-state index contributed by atoms with van der Waals surface area (Å²) in [7, 11) is 0. The van der Waals surface area contributed by atoms with Crippen molar-refractivity contribution in [2.75, 3.05) is 36.8 Å². The number of hydrogen-bond acceptors (Lipinski definition) is 5. The van der Waals surface area contributed by atoms with Gasteiger partial charge in [-0.05, 0) is 25.8 Å². The molecule has 1 atom stereocenters. The fourth-order valence-corrected chi connectivity index (χ4v) is 2.88. The van der Waals surface area contributed by atoms with E-state index in [9.17, 15) is 0 Å². The van der Waals surface area contributed by atoms with Crippen molar-refractivity contribution in [2.45, 2.75) is 25.3 Å². The first-order valence-electron chi connectivity index (χ1n) is 6.39. The van der Waals surface area contributed by atoms with E-state index in [-0.39, 0.29) is 0 Å². The van der Waals surface area contributed by atoms with E-state index in [0.717, 1.165) is 19.0 Å². The average Bonchev–Trinajstić information content (AvgIpc) is 2.68. The van der Waals surface area contributed by atoms with Gasteiger partial charge in [-0.1, -0.05) is 0 Å². The lowest BCUT2D eigenvalue weighted by atomic mass is 10.2. The Morgan fingerprint density at radius 3 is 2.71 bits per heavy atom. The number of nitrogens with zero attached hydrogens (tertiary/aromatic N) is 4. The Labute approximate surface area is 102 Å². The predicted octanol–water partition coefficient (Wildman–Crippen LogP) is 0.733. The summed E-state index contributed by atoms with van der Waals surface area (Å²) in [5, 5.41) is 0. The van der Waals surface area contributed by atoms with E-state index in [1.54, 1.807) is 12.4 Å². The zero-order valence-electron chi connectivity index (χ0n) is 10.0. The Bertz CT molecular complexity index is 377. The molecule has 1 aromatic heterocycles. The molecular weight excluding hydrogens is 214 g/mol. The van der Waals surface area contributed by atoms with Crippen LogP contribution in [0.25, 0.3) is 0 Å². The van der Waals surface area contributed by atoms with E-state index in [1.807, 2.05) is 0 Å². The highest BCUT2D eigenvalue weighted by atomic mass is 15.3. The first kappa shape index (κ1) is 10.8. The highest BCUT2D eigenvalue weighted by Gasteiger charge is 2.29. The highest BCUT2D eigenvalue weighted by Crippen LogP contribution is 2.23. The van der Waals surface area contributed by atoms with Gasteiger partial charge < -0.3 is 10.6 Å². The number of fused-ring (bicyclic) bond motifs is 1. The number of nitrogens with two attached hydrogens (primary N) is 1. The molecule has 92 valence electrons. The van der Waals surface area contributed by atoms with Gasteiger partial charge in [-0.3, -0.25) is 4.90 Å². The van der Waals surface area contributed by atoms with Crippen LogP contribution in [0.5, 0.6) is 0 Å². The third kappa shape index (κ3) is 2.20. The molecule has 1 aromatic rings. The standard InChI is InChI=1S/C12H19N5/c13-10-7-14-12(15-8-10)17-6-2-5-16-4-1-3-11(16)9-17/h7-8,11H,1-6,9,13H2. The molecule has 0 amide bonds. The molecule has 5 heteroatoms. The summed E-state index contributed by atoms with van der Waals surface area (Å²) in [4.78, 5) is 13.6. The Morgan fingerprint density at radius 2 is 1.88 bits per heavy atom. The highest BCUT2D eigenvalue weighted by molar-refractivity contribution is 5.38. The normalized spacial score (nSPS) is 25.6. The Kier molecular flexibility index (Phi) is 2.84. The van der Waals surface area contributed by atoms with Crippen molar-refractivity contribution in [1.29, 1.82) is 0 Å². The zero-order valence-corrected chi connectivity index (χ0v) is 10.0. The maximum atomic E-state index is 5.62. The quantitative estimate of drug-likeness (QED) is 0.775. The van der Waals surface area contributed by atoms with Crippen LogP contribution in [0.4, 0.5) is 11.6 Å². The van der Waals surface area contributed by atoms with Crippen LogP contribution in [0.3, 0.4) is 0 Å². The van der Waals surface area contributed by atoms with Crippen LogP contribution < -0.4 is 10.6 Å². The van der Waals surface area contributed by atoms with Crippen LogP contribution in [-0.2, 0) is 0 Å². The van der Waals surface area contributed by atoms with Crippen molar-refractivity contribution in [1.82, 2.24) is 14.9 Å². The second-order valence-corrected chi connectivity index (χ2v) is 4.95. The molecule has 0 bridgehead atoms. The Balaban J connectivity index is 1.76. The third-order valence-electron chi connectivity index (χ3n) is 3.74. The second kappa shape index (κ2) is 4.49. The van der Waals surface area contributed by atoms with Gasteiger partial charge in [0.1, 0.15) is 0 Å². The molecule has 0 radical (unpaired) electrons. The van der Waals surface area contributed by atoms with Gasteiger partial charge in [0.15, 0.2) is 0 Å². The smallest absolute Gasteiger partial charge is 0.225 e. The molecule has 2 aliphatic heterocycles. The summed E-state index contributed by atoms with van der Waals surface area (Å²) < 4.78 is 0. The van der Waals surface area contributed by atoms with Crippen LogP contribution in [0.15, 0.2) is 12.4 Å². The summed E-state index contributed by atoms with van der Waals surface area (Å²) >= 11 is 0. The van der Waals surface area contributed by atoms with E-state index in [0.29, 0.717) is 11.7 Å². The lowest BCUT2D eigenvalue weighted by Gasteiger charge is -2.25. The van der Waals surface area contributed by atoms with Crippen molar-refractivity contribution in [2.24, 2.45) is 0 Å². The SMILES string of the molecule is Nc1cnc(N2CCCN3CCCC3C2)nc1. The molecule has 2 N–H and O–H groups in total. The van der Waals surface area contributed by atoms with Crippen LogP contribution >= 0.6 is 0 Å². The van der Waals surface area contributed by atoms with E-state index in [4.69, 9.17) is 5.73 Å². The fourth-order valence-electron chi connectivity index (χ4n) is 2.88. The predicted molar refractivity (Wildman–Crippen MR) is 67.9 cm³/mol. The molecule has 0 aliphatic carbocycles. The number of aromatic nitrogens is 2. The maximum absolute atomic E-state index is 5.62. The minimum atomic E-state index is 0.631. The molecule has 5 nitrogen and oxygen atoms in total. The monoisotopic (exact) mass is 233 g/mol. The minimum Gasteiger partial charge on any atom is -0.396 e. The topological polar surface area (TPSA) is 58.3 Å². The largest absolute Gasteiger partial charge is 0.396 e. The van der Waals surface area contributed by atoms with Crippen molar-refractivity contribution >= 4 is 11.6 Å². The molecular formula is C12H19N5. The maximum Gasteiger partial charge on any atom is 0.225 e. The first-order chi connectivity index (χ1) is 8.33. The summed E-state index contributed by atoms with van der Waals surface area (Å²) in [6.45, 7) is 4.60. The molecule has 1 unspecified atom stereocenters. The molecule has 2 saturated heterocycles. The molecule has 3 heterocycles. The zero-order chi connectivity index (χ0) is 11.7. The second-order valence-electron chi connectivity index (χ2n) is 4.95. The van der Waals surface area contributed by atoms with E-state index in [2.05, 4.69) is 19.8 Å². The molecule has 2 fully saturated rings. The summed E-state index contributed by atoms with van der Waals surface area (Å²) in [5.74, 6) is 0.827. The van der Waals surface area contributed by atoms with Crippen LogP contribution in [-0.4, -0.2) is 47.1 Å². The van der Waals surface area contributed by atoms with Crippen molar-refractivity contribution in [3.05, 3.63) is 12.4 Å². The number of hydrogen-bond donors (Lipinski definition) is 1.